The predicted molar refractivity (Wildman–Crippen MR) is 249 cm³/mol. The van der Waals surface area contributed by atoms with Crippen molar-refractivity contribution in [2.45, 2.75) is 150 Å². The van der Waals surface area contributed by atoms with Crippen LogP contribution in [-0.2, 0) is 21.3 Å². The monoisotopic (exact) mass is 810 g/mol. The van der Waals surface area contributed by atoms with Crippen molar-refractivity contribution >= 4 is 39.2 Å². The quantitative estimate of drug-likeness (QED) is 0.0719. The van der Waals surface area contributed by atoms with Crippen molar-refractivity contribution < 1.29 is 17.8 Å². The Kier molecular flexibility index (Phi) is 26.7. The van der Waals surface area contributed by atoms with Crippen LogP contribution in [0.15, 0.2) is 114 Å². The van der Waals surface area contributed by atoms with Gasteiger partial charge in [0.05, 0.1) is 21.5 Å². The largest absolute Gasteiger partial charge is 0.748 e. The molecule has 0 spiro atoms. The second-order valence-electron chi connectivity index (χ2n) is 15.2. The van der Waals surface area contributed by atoms with Gasteiger partial charge in [0, 0.05) is 17.9 Å². The van der Waals surface area contributed by atoms with E-state index in [9.17, 15) is 4.79 Å². The zero-order chi connectivity index (χ0) is 42.3. The van der Waals surface area contributed by atoms with Crippen LogP contribution in [0.4, 0.5) is 11.4 Å². The second kappa shape index (κ2) is 30.9. The van der Waals surface area contributed by atoms with Gasteiger partial charge in [-0.25, -0.2) is 13.4 Å². The van der Waals surface area contributed by atoms with E-state index in [0.29, 0.717) is 6.26 Å². The van der Waals surface area contributed by atoms with E-state index in [2.05, 4.69) is 116 Å². The Morgan fingerprint density at radius 2 is 1.09 bits per heavy atom. The molecule has 0 unspecified atom stereocenters. The van der Waals surface area contributed by atoms with Crippen molar-refractivity contribution in [2.24, 2.45) is 10.9 Å². The fourth-order valence-electron chi connectivity index (χ4n) is 6.87. The minimum Gasteiger partial charge on any atom is -0.748 e. The molecule has 58 heavy (non-hydrogen) atoms. The first-order valence-electron chi connectivity index (χ1n) is 22.2. The molecule has 3 aromatic rings. The SMILES string of the molecule is CC.CCCCCCCCCCC(CCCCCCCCCC)C(=O)Nc1ccc(C=C2C=CC(=Nc3ccc(Cc4ccccc4)cc3)C=C2)cc1.CS(=O)(=O)[O-]. The number of amides is 1. The van der Waals surface area contributed by atoms with Crippen LogP contribution in [0.2, 0.25) is 0 Å². The molecule has 1 aliphatic rings. The molecule has 0 fully saturated rings. The molecule has 4 rings (SSSR count). The van der Waals surface area contributed by atoms with Gasteiger partial charge < -0.3 is 9.87 Å². The molecule has 3 aromatic carbocycles. The Labute approximate surface area is 353 Å². The Morgan fingerprint density at radius 3 is 1.57 bits per heavy atom. The molecule has 6 nitrogen and oxygen atoms in total. The van der Waals surface area contributed by atoms with Gasteiger partial charge in [-0.15, -0.1) is 0 Å². The van der Waals surface area contributed by atoms with Crippen molar-refractivity contribution in [3.63, 3.8) is 0 Å². The molecule has 0 saturated carbocycles. The van der Waals surface area contributed by atoms with E-state index >= 15 is 0 Å². The lowest BCUT2D eigenvalue weighted by Gasteiger charge is -2.17. The van der Waals surface area contributed by atoms with Crippen molar-refractivity contribution in [1.82, 2.24) is 0 Å². The number of aliphatic imine (C=N–C) groups is 1. The van der Waals surface area contributed by atoms with Crippen LogP contribution in [0.5, 0.6) is 0 Å². The van der Waals surface area contributed by atoms with Gasteiger partial charge in [-0.2, -0.15) is 0 Å². The van der Waals surface area contributed by atoms with E-state index in [1.807, 2.05) is 26.0 Å². The summed E-state index contributed by atoms with van der Waals surface area (Å²) in [7, 11) is -3.92. The van der Waals surface area contributed by atoms with Crippen molar-refractivity contribution in [2.75, 3.05) is 11.6 Å². The highest BCUT2D eigenvalue weighted by Crippen LogP contribution is 2.23. The maximum atomic E-state index is 13.5. The molecule has 0 saturated heterocycles. The Bertz CT molecular complexity index is 1710. The molecule has 0 radical (unpaired) electrons. The number of nitrogens with one attached hydrogen (secondary N) is 1. The average molecular weight is 810 g/mol. The molecule has 7 heteroatoms. The highest BCUT2D eigenvalue weighted by molar-refractivity contribution is 7.84. The summed E-state index contributed by atoms with van der Waals surface area (Å²) in [5, 5.41) is 3.26. The van der Waals surface area contributed by atoms with Gasteiger partial charge in [-0.1, -0.05) is 197 Å². The smallest absolute Gasteiger partial charge is 0.227 e. The van der Waals surface area contributed by atoms with Gasteiger partial charge in [0.1, 0.15) is 0 Å². The molecule has 1 amide bonds. The standard InChI is InChI=1S/C48H64N2O.C2H6.CH4O3S/c1-3-5-7-9-11-13-15-20-24-44(25-21-16-14-12-10-8-6-4-2)48(51)50-47-36-30-43(31-37-47)39-42-28-34-46(35-29-42)49-45-32-26-41(27-33-45)38-40-22-18-17-19-23-40;1-2;1-5(2,3)4/h17-19,22-23,26-37,39,44H,3-16,20-21,24-25,38H2,1-2H3,(H,50,51);1-2H3;1H3,(H,2,3,4)/p-1. The minimum atomic E-state index is -3.92. The normalized spacial score (nSPS) is 12.1. The average Bonchev–Trinajstić information content (AvgIpc) is 3.22. The molecule has 0 heterocycles. The molecule has 0 bridgehead atoms. The first kappa shape index (κ1) is 50.1. The Hall–Kier alpha value is -4.07. The Balaban J connectivity index is 0.00000154. The molecular weight excluding hydrogens is 737 g/mol. The third-order valence-electron chi connectivity index (χ3n) is 10.0. The molecule has 0 aromatic heterocycles. The van der Waals surface area contributed by atoms with Gasteiger partial charge in [0.2, 0.25) is 5.91 Å². The van der Waals surface area contributed by atoms with E-state index in [4.69, 9.17) is 18.0 Å². The van der Waals surface area contributed by atoms with Crippen molar-refractivity contribution in [3.8, 4) is 0 Å². The number of carbonyl (C=O) groups excluding carboxylic acids is 1. The fourth-order valence-corrected chi connectivity index (χ4v) is 6.87. The van der Waals surface area contributed by atoms with Gasteiger partial charge in [-0.3, -0.25) is 4.79 Å². The third-order valence-corrected chi connectivity index (χ3v) is 10.0. The first-order chi connectivity index (χ1) is 28.1. The summed E-state index contributed by atoms with van der Waals surface area (Å²) in [6.45, 7) is 8.55. The summed E-state index contributed by atoms with van der Waals surface area (Å²) < 4.78 is 27.2. The highest BCUT2D eigenvalue weighted by atomic mass is 32.2. The van der Waals surface area contributed by atoms with Crippen LogP contribution in [0.3, 0.4) is 0 Å². The number of nitrogens with zero attached hydrogens (tertiary/aromatic N) is 1. The van der Waals surface area contributed by atoms with Gasteiger partial charge in [0.15, 0.2) is 0 Å². The van der Waals surface area contributed by atoms with Crippen LogP contribution < -0.4 is 5.32 Å². The zero-order valence-electron chi connectivity index (χ0n) is 36.4. The number of carbonyl (C=O) groups is 1. The van der Waals surface area contributed by atoms with Crippen LogP contribution >= 0.6 is 0 Å². The number of benzene rings is 3. The number of hydrogen-bond donors (Lipinski definition) is 1. The molecule has 0 atom stereocenters. The zero-order valence-corrected chi connectivity index (χ0v) is 37.2. The minimum absolute atomic E-state index is 0.104. The summed E-state index contributed by atoms with van der Waals surface area (Å²) in [6, 6.07) is 27.3. The lowest BCUT2D eigenvalue weighted by molar-refractivity contribution is -0.120. The lowest BCUT2D eigenvalue weighted by Crippen LogP contribution is -2.23. The van der Waals surface area contributed by atoms with Crippen LogP contribution in [0.25, 0.3) is 6.08 Å². The fraction of sp³-hybridized carbons (Fsp3) is 0.490. The van der Waals surface area contributed by atoms with Crippen molar-refractivity contribution in [3.05, 3.63) is 125 Å². The van der Waals surface area contributed by atoms with E-state index < -0.39 is 10.1 Å². The van der Waals surface area contributed by atoms with Gasteiger partial charge in [0.25, 0.3) is 0 Å². The van der Waals surface area contributed by atoms with Gasteiger partial charge in [-0.05, 0) is 84.0 Å². The highest BCUT2D eigenvalue weighted by Gasteiger charge is 2.18. The summed E-state index contributed by atoms with van der Waals surface area (Å²) >= 11 is 0. The van der Waals surface area contributed by atoms with Crippen LogP contribution in [-0.4, -0.2) is 30.8 Å². The summed E-state index contributed by atoms with van der Waals surface area (Å²) in [6.07, 6.45) is 34.9. The van der Waals surface area contributed by atoms with E-state index in [1.54, 1.807) is 0 Å². The number of hydrogen-bond acceptors (Lipinski definition) is 5. The topological polar surface area (TPSA) is 98.7 Å². The first-order valence-corrected chi connectivity index (χ1v) is 24.1. The number of anilines is 1. The maximum Gasteiger partial charge on any atom is 0.227 e. The molecule has 0 aliphatic heterocycles. The third kappa shape index (κ3) is 24.6. The maximum absolute atomic E-state index is 13.5. The van der Waals surface area contributed by atoms with Crippen molar-refractivity contribution in [1.29, 1.82) is 0 Å². The summed E-state index contributed by atoms with van der Waals surface area (Å²) in [5.74, 6) is 0.301. The molecule has 1 aliphatic carbocycles. The number of allylic oxidation sites excluding steroid dienone is 5. The molecule has 318 valence electrons. The predicted octanol–water partition coefficient (Wildman–Crippen LogP) is 14.4. The summed E-state index contributed by atoms with van der Waals surface area (Å²) in [5.41, 5.74) is 7.62. The lowest BCUT2D eigenvalue weighted by atomic mass is 9.93. The Morgan fingerprint density at radius 1 is 0.638 bits per heavy atom. The van der Waals surface area contributed by atoms with E-state index in [-0.39, 0.29) is 11.8 Å². The van der Waals surface area contributed by atoms with Crippen LogP contribution in [0.1, 0.15) is 160 Å². The molecule has 1 N–H and O–H groups in total. The summed E-state index contributed by atoms with van der Waals surface area (Å²) in [4.78, 5) is 18.3. The molecular formula is C51H73N2O4S-. The van der Waals surface area contributed by atoms with E-state index in [0.717, 1.165) is 60.3 Å². The second-order valence-corrected chi connectivity index (χ2v) is 16.6. The van der Waals surface area contributed by atoms with E-state index in [1.165, 1.54) is 101 Å². The van der Waals surface area contributed by atoms with Crippen LogP contribution in [0, 0.1) is 5.92 Å². The number of unbranched alkanes of at least 4 members (excludes halogenated alkanes) is 14. The van der Waals surface area contributed by atoms with Gasteiger partial charge >= 0.3 is 0 Å². The number of rotatable bonds is 24.